The lowest BCUT2D eigenvalue weighted by molar-refractivity contribution is -0.111. The fourth-order valence-electron chi connectivity index (χ4n) is 3.37. The van der Waals surface area contributed by atoms with Crippen LogP contribution in [0, 0.1) is 17.2 Å². The first-order valence-corrected chi connectivity index (χ1v) is 10.8. The molecule has 0 bridgehead atoms. The van der Waals surface area contributed by atoms with Gasteiger partial charge in [0, 0.05) is 36.9 Å². The Bertz CT molecular complexity index is 1020. The third-order valence-electron chi connectivity index (χ3n) is 4.98. The maximum atomic E-state index is 12.3. The van der Waals surface area contributed by atoms with Gasteiger partial charge in [-0.3, -0.25) is 9.78 Å². The zero-order valence-corrected chi connectivity index (χ0v) is 18.2. The molecule has 2 amide bonds. The van der Waals surface area contributed by atoms with E-state index in [1.807, 2.05) is 6.07 Å². The number of nitriles is 1. The zero-order chi connectivity index (χ0) is 22.2. The number of hydrogen-bond acceptors (Lipinski definition) is 6. The van der Waals surface area contributed by atoms with E-state index >= 15 is 0 Å². The molecule has 0 radical (unpaired) electrons. The molecule has 2 heterocycles. The molecule has 0 fully saturated rings. The van der Waals surface area contributed by atoms with Gasteiger partial charge in [0.15, 0.2) is 0 Å². The molecule has 1 unspecified atom stereocenters. The monoisotopic (exact) mass is 436 g/mol. The van der Waals surface area contributed by atoms with Crippen molar-refractivity contribution in [2.45, 2.75) is 19.3 Å². The Morgan fingerprint density at radius 2 is 2.35 bits per heavy atom. The number of nitrogens with zero attached hydrogens (tertiary/aromatic N) is 3. The molecular formula is C23H24N4O3S. The van der Waals surface area contributed by atoms with Crippen molar-refractivity contribution >= 4 is 34.4 Å². The van der Waals surface area contributed by atoms with E-state index in [0.29, 0.717) is 30.1 Å². The van der Waals surface area contributed by atoms with E-state index in [9.17, 15) is 14.9 Å². The summed E-state index contributed by atoms with van der Waals surface area (Å²) < 4.78 is 5.41. The van der Waals surface area contributed by atoms with Gasteiger partial charge >= 0.3 is 6.09 Å². The number of ether oxygens (including phenoxy) is 1. The number of carbonyl (C=O) groups excluding carboxylic acids is 2. The van der Waals surface area contributed by atoms with Gasteiger partial charge in [-0.2, -0.15) is 5.26 Å². The Morgan fingerprint density at radius 3 is 3.06 bits per heavy atom. The average Bonchev–Trinajstić information content (AvgIpc) is 3.12. The molecule has 31 heavy (non-hydrogen) atoms. The Hall–Kier alpha value is -3.44. The normalized spacial score (nSPS) is 15.0. The van der Waals surface area contributed by atoms with Crippen LogP contribution in [0.15, 0.2) is 43.3 Å². The number of rotatable bonds is 7. The number of aromatic nitrogens is 1. The first kappa shape index (κ1) is 22.2. The molecule has 0 aliphatic heterocycles. The summed E-state index contributed by atoms with van der Waals surface area (Å²) in [6.45, 7) is 4.37. The molecule has 0 aromatic carbocycles. The Kier molecular flexibility index (Phi) is 7.57. The zero-order valence-electron chi connectivity index (χ0n) is 17.3. The number of anilines is 1. The fraction of sp³-hybridized carbons (Fsp3) is 0.304. The van der Waals surface area contributed by atoms with Gasteiger partial charge in [0.25, 0.3) is 0 Å². The summed E-state index contributed by atoms with van der Waals surface area (Å²) in [5.74, 6) is -0.109. The summed E-state index contributed by atoms with van der Waals surface area (Å²) in [5, 5.41) is 13.0. The van der Waals surface area contributed by atoms with Crippen molar-refractivity contribution in [2.24, 2.45) is 5.92 Å². The van der Waals surface area contributed by atoms with Crippen LogP contribution in [-0.4, -0.2) is 42.1 Å². The van der Waals surface area contributed by atoms with Crippen molar-refractivity contribution in [3.63, 3.8) is 0 Å². The lowest BCUT2D eigenvalue weighted by Gasteiger charge is -2.23. The van der Waals surface area contributed by atoms with Crippen molar-refractivity contribution in [2.75, 3.05) is 25.5 Å². The molecule has 2 aromatic rings. The highest BCUT2D eigenvalue weighted by Gasteiger charge is 2.27. The van der Waals surface area contributed by atoms with Crippen LogP contribution >= 0.6 is 11.3 Å². The number of pyridine rings is 1. The Morgan fingerprint density at radius 1 is 1.52 bits per heavy atom. The van der Waals surface area contributed by atoms with Gasteiger partial charge < -0.3 is 15.0 Å². The summed E-state index contributed by atoms with van der Waals surface area (Å²) in [6.07, 6.45) is 9.97. The maximum Gasteiger partial charge on any atom is 0.409 e. The Labute approximate surface area is 185 Å². The highest BCUT2D eigenvalue weighted by atomic mass is 32.1. The summed E-state index contributed by atoms with van der Waals surface area (Å²) in [4.78, 5) is 30.8. The van der Waals surface area contributed by atoms with Crippen molar-refractivity contribution in [1.29, 1.82) is 5.26 Å². The number of hydrogen-bond donors (Lipinski definition) is 1. The summed E-state index contributed by atoms with van der Waals surface area (Å²) in [5.41, 5.74) is 2.34. The van der Waals surface area contributed by atoms with Crippen molar-refractivity contribution in [3.05, 3.63) is 64.8 Å². The van der Waals surface area contributed by atoms with Crippen LogP contribution in [-0.2, 0) is 22.4 Å². The highest BCUT2D eigenvalue weighted by Crippen LogP contribution is 2.39. The predicted octanol–water partition coefficient (Wildman–Crippen LogP) is 4.03. The minimum atomic E-state index is -0.372. The molecule has 7 nitrogen and oxygen atoms in total. The van der Waals surface area contributed by atoms with E-state index in [0.717, 1.165) is 28.8 Å². The van der Waals surface area contributed by atoms with E-state index < -0.39 is 0 Å². The van der Waals surface area contributed by atoms with Crippen LogP contribution in [0.3, 0.4) is 0 Å². The molecule has 2 aromatic heterocycles. The molecular weight excluding hydrogens is 412 g/mol. The number of fused-ring (bicyclic) bond motifs is 1. The first-order chi connectivity index (χ1) is 15.0. The van der Waals surface area contributed by atoms with Crippen LogP contribution in [0.1, 0.15) is 28.0 Å². The fourth-order valence-corrected chi connectivity index (χ4v) is 4.69. The largest absolute Gasteiger partial charge is 0.449 e. The molecule has 0 saturated carbocycles. The van der Waals surface area contributed by atoms with E-state index in [4.69, 9.17) is 4.74 Å². The van der Waals surface area contributed by atoms with Crippen LogP contribution < -0.4 is 5.32 Å². The third kappa shape index (κ3) is 5.80. The summed E-state index contributed by atoms with van der Waals surface area (Å²) in [6, 6.07) is 5.88. The number of thiophene rings is 1. The smallest absolute Gasteiger partial charge is 0.409 e. The topological polar surface area (TPSA) is 95.3 Å². The standard InChI is InChI=1S/C23H24N4O3S/c1-3-11-27(2)23(29)30-15-17-6-8-18-19(13-24)22(31-20(18)12-17)26-21(28)9-7-16-5-4-10-25-14-16/h3-5,7,9-10,14,17H,1,6,8,11-12,15H2,2H3,(H,26,28). The number of nitrogens with one attached hydrogen (secondary N) is 1. The van der Waals surface area contributed by atoms with E-state index in [1.54, 1.807) is 37.7 Å². The van der Waals surface area contributed by atoms with Gasteiger partial charge in [0.1, 0.15) is 11.1 Å². The van der Waals surface area contributed by atoms with Crippen molar-refractivity contribution in [1.82, 2.24) is 9.88 Å². The lowest BCUT2D eigenvalue weighted by Crippen LogP contribution is -2.30. The van der Waals surface area contributed by atoms with Gasteiger partial charge in [-0.05, 0) is 48.4 Å². The Balaban J connectivity index is 1.63. The van der Waals surface area contributed by atoms with Gasteiger partial charge in [0.2, 0.25) is 5.91 Å². The van der Waals surface area contributed by atoms with Gasteiger partial charge in [-0.25, -0.2) is 4.79 Å². The molecule has 1 aliphatic carbocycles. The molecule has 8 heteroatoms. The second-order valence-corrected chi connectivity index (χ2v) is 8.39. The van der Waals surface area contributed by atoms with Crippen LogP contribution in [0.5, 0.6) is 0 Å². The number of carbonyl (C=O) groups is 2. The van der Waals surface area contributed by atoms with Gasteiger partial charge in [0.05, 0.1) is 12.2 Å². The minimum Gasteiger partial charge on any atom is -0.449 e. The second kappa shape index (κ2) is 10.5. The van der Waals surface area contributed by atoms with Crippen LogP contribution in [0.2, 0.25) is 0 Å². The van der Waals surface area contributed by atoms with Crippen LogP contribution in [0.25, 0.3) is 6.08 Å². The molecule has 0 saturated heterocycles. The predicted molar refractivity (Wildman–Crippen MR) is 121 cm³/mol. The highest BCUT2D eigenvalue weighted by molar-refractivity contribution is 7.16. The molecule has 160 valence electrons. The molecule has 0 spiro atoms. The summed E-state index contributed by atoms with van der Waals surface area (Å²) >= 11 is 1.42. The summed E-state index contributed by atoms with van der Waals surface area (Å²) in [7, 11) is 1.67. The van der Waals surface area contributed by atoms with Crippen molar-refractivity contribution in [3.8, 4) is 6.07 Å². The third-order valence-corrected chi connectivity index (χ3v) is 6.15. The van der Waals surface area contributed by atoms with E-state index in [-0.39, 0.29) is 17.9 Å². The molecule has 1 atom stereocenters. The van der Waals surface area contributed by atoms with E-state index in [2.05, 4.69) is 22.9 Å². The molecule has 1 N–H and O–H groups in total. The van der Waals surface area contributed by atoms with Gasteiger partial charge in [-0.15, -0.1) is 17.9 Å². The molecule has 3 rings (SSSR count). The average molecular weight is 437 g/mol. The molecule has 1 aliphatic rings. The van der Waals surface area contributed by atoms with Crippen molar-refractivity contribution < 1.29 is 14.3 Å². The van der Waals surface area contributed by atoms with Gasteiger partial charge in [-0.1, -0.05) is 12.1 Å². The minimum absolute atomic E-state index is 0.188. The van der Waals surface area contributed by atoms with E-state index in [1.165, 1.54) is 22.3 Å². The number of amides is 2. The maximum absolute atomic E-state index is 12.3. The number of likely N-dealkylation sites (N-methyl/N-ethyl adjacent to an activating group) is 1. The first-order valence-electron chi connectivity index (χ1n) is 9.94. The lowest BCUT2D eigenvalue weighted by atomic mass is 9.88. The quantitative estimate of drug-likeness (QED) is 0.522. The SMILES string of the molecule is C=CCN(C)C(=O)OCC1CCc2c(sc(NC(=O)C=Cc3cccnc3)c2C#N)C1. The second-order valence-electron chi connectivity index (χ2n) is 7.28. The van der Waals surface area contributed by atoms with Crippen LogP contribution in [0.4, 0.5) is 9.80 Å².